The van der Waals surface area contributed by atoms with Crippen LogP contribution in [0.1, 0.15) is 27.2 Å². The molecule has 0 saturated heterocycles. The Bertz CT molecular complexity index is 512. The fourth-order valence-electron chi connectivity index (χ4n) is 1.36. The van der Waals surface area contributed by atoms with Gasteiger partial charge in [0.2, 0.25) is 11.8 Å². The normalized spacial score (nSPS) is 11.1. The highest BCUT2D eigenvalue weighted by Crippen LogP contribution is 2.19. The van der Waals surface area contributed by atoms with Crippen molar-refractivity contribution in [1.82, 2.24) is 5.32 Å². The van der Waals surface area contributed by atoms with Crippen LogP contribution in [0, 0.1) is 11.2 Å². The number of benzene rings is 1. The molecular weight excluding hydrogens is 283 g/mol. The van der Waals surface area contributed by atoms with Gasteiger partial charge in [-0.2, -0.15) is 0 Å². The topological polar surface area (TPSA) is 58.2 Å². The van der Waals surface area contributed by atoms with Crippen molar-refractivity contribution in [2.45, 2.75) is 27.2 Å². The van der Waals surface area contributed by atoms with E-state index in [1.165, 1.54) is 12.1 Å². The zero-order valence-electron chi connectivity index (χ0n) is 11.7. The molecule has 2 N–H and O–H groups in total. The van der Waals surface area contributed by atoms with E-state index in [0.717, 1.165) is 6.07 Å². The van der Waals surface area contributed by atoms with Crippen molar-refractivity contribution in [2.75, 3.05) is 11.9 Å². The highest BCUT2D eigenvalue weighted by Gasteiger charge is 2.20. The number of anilines is 1. The van der Waals surface area contributed by atoms with Crippen LogP contribution in [0.25, 0.3) is 0 Å². The maximum absolute atomic E-state index is 13.4. The van der Waals surface area contributed by atoms with E-state index < -0.39 is 11.2 Å². The third-order valence-corrected chi connectivity index (χ3v) is 2.76. The van der Waals surface area contributed by atoms with Gasteiger partial charge in [-0.3, -0.25) is 9.59 Å². The molecule has 0 aromatic heterocycles. The van der Waals surface area contributed by atoms with Crippen LogP contribution in [0.2, 0.25) is 5.02 Å². The Kier molecular flexibility index (Phi) is 5.51. The molecule has 1 aromatic rings. The van der Waals surface area contributed by atoms with Crippen molar-refractivity contribution in [1.29, 1.82) is 0 Å². The Morgan fingerprint density at radius 3 is 2.50 bits per heavy atom. The fraction of sp³-hybridized carbons (Fsp3) is 0.429. The molecule has 110 valence electrons. The van der Waals surface area contributed by atoms with Gasteiger partial charge in [0, 0.05) is 23.4 Å². The first kappa shape index (κ1) is 16.4. The monoisotopic (exact) mass is 300 g/mol. The lowest BCUT2D eigenvalue weighted by Gasteiger charge is -2.17. The van der Waals surface area contributed by atoms with Gasteiger partial charge in [-0.1, -0.05) is 32.4 Å². The molecule has 1 aromatic carbocycles. The highest BCUT2D eigenvalue weighted by molar-refractivity contribution is 6.30. The molecule has 0 fully saturated rings. The van der Waals surface area contributed by atoms with Gasteiger partial charge < -0.3 is 10.6 Å². The molecule has 2 amide bonds. The first-order valence-corrected chi connectivity index (χ1v) is 6.61. The number of hydrogen-bond acceptors (Lipinski definition) is 2. The first-order chi connectivity index (χ1) is 9.20. The molecule has 0 saturated carbocycles. The average molecular weight is 301 g/mol. The molecule has 0 heterocycles. The summed E-state index contributed by atoms with van der Waals surface area (Å²) < 4.78 is 13.4. The SMILES string of the molecule is CC(C)(C)C(=O)NCCC(=O)Nc1ccc(Cl)cc1F. The van der Waals surface area contributed by atoms with Gasteiger partial charge in [-0.25, -0.2) is 4.39 Å². The second-order valence-electron chi connectivity index (χ2n) is 5.43. The summed E-state index contributed by atoms with van der Waals surface area (Å²) in [6.07, 6.45) is 0.0733. The third-order valence-electron chi connectivity index (χ3n) is 2.52. The number of rotatable bonds is 4. The molecule has 0 bridgehead atoms. The van der Waals surface area contributed by atoms with Crippen molar-refractivity contribution in [2.24, 2.45) is 5.41 Å². The van der Waals surface area contributed by atoms with Crippen molar-refractivity contribution in [3.8, 4) is 0 Å². The molecule has 0 radical (unpaired) electrons. The van der Waals surface area contributed by atoms with Gasteiger partial charge in [0.15, 0.2) is 0 Å². The number of carbonyl (C=O) groups is 2. The second kappa shape index (κ2) is 6.70. The van der Waals surface area contributed by atoms with Crippen LogP contribution in [0.15, 0.2) is 18.2 Å². The lowest BCUT2D eigenvalue weighted by molar-refractivity contribution is -0.128. The van der Waals surface area contributed by atoms with Crippen molar-refractivity contribution in [3.05, 3.63) is 29.0 Å². The standard InChI is InChI=1S/C14H18ClFN2O2/c1-14(2,3)13(20)17-7-6-12(19)18-11-5-4-9(15)8-10(11)16/h4-5,8H,6-7H2,1-3H3,(H,17,20)(H,18,19). The quantitative estimate of drug-likeness (QED) is 0.898. The summed E-state index contributed by atoms with van der Waals surface area (Å²) in [6.45, 7) is 5.56. The van der Waals surface area contributed by atoms with E-state index in [9.17, 15) is 14.0 Å². The highest BCUT2D eigenvalue weighted by atomic mass is 35.5. The minimum absolute atomic E-state index is 0.0709. The lowest BCUT2D eigenvalue weighted by Crippen LogP contribution is -2.36. The molecule has 0 aliphatic heterocycles. The van der Waals surface area contributed by atoms with Gasteiger partial charge >= 0.3 is 0 Å². The van der Waals surface area contributed by atoms with E-state index in [1.54, 1.807) is 20.8 Å². The predicted octanol–water partition coefficient (Wildman–Crippen LogP) is 2.97. The van der Waals surface area contributed by atoms with Crippen LogP contribution in [0.4, 0.5) is 10.1 Å². The molecule has 0 atom stereocenters. The van der Waals surface area contributed by atoms with Crippen LogP contribution >= 0.6 is 11.6 Å². The summed E-state index contributed by atoms with van der Waals surface area (Å²) in [7, 11) is 0. The van der Waals surface area contributed by atoms with Crippen molar-refractivity contribution < 1.29 is 14.0 Å². The van der Waals surface area contributed by atoms with E-state index >= 15 is 0 Å². The Balaban J connectivity index is 2.43. The molecule has 20 heavy (non-hydrogen) atoms. The van der Waals surface area contributed by atoms with E-state index in [4.69, 9.17) is 11.6 Å². The summed E-state index contributed by atoms with van der Waals surface area (Å²) in [4.78, 5) is 23.2. The molecule has 6 heteroatoms. The molecular formula is C14H18ClFN2O2. The number of nitrogens with one attached hydrogen (secondary N) is 2. The van der Waals surface area contributed by atoms with Crippen molar-refractivity contribution in [3.63, 3.8) is 0 Å². The van der Waals surface area contributed by atoms with E-state index in [1.807, 2.05) is 0 Å². The minimum atomic E-state index is -0.593. The van der Waals surface area contributed by atoms with Crippen LogP contribution in [-0.2, 0) is 9.59 Å². The van der Waals surface area contributed by atoms with Crippen LogP contribution in [0.3, 0.4) is 0 Å². The number of amides is 2. The fourth-order valence-corrected chi connectivity index (χ4v) is 1.52. The van der Waals surface area contributed by atoms with Gasteiger partial charge in [0.25, 0.3) is 0 Å². The summed E-state index contributed by atoms with van der Waals surface area (Å²) in [5.74, 6) is -1.10. The largest absolute Gasteiger partial charge is 0.355 e. The van der Waals surface area contributed by atoms with E-state index in [-0.39, 0.29) is 35.5 Å². The van der Waals surface area contributed by atoms with Crippen molar-refractivity contribution >= 4 is 29.1 Å². The molecule has 4 nitrogen and oxygen atoms in total. The molecule has 1 rings (SSSR count). The number of hydrogen-bond donors (Lipinski definition) is 2. The smallest absolute Gasteiger partial charge is 0.226 e. The first-order valence-electron chi connectivity index (χ1n) is 6.23. The Hall–Kier alpha value is -1.62. The summed E-state index contributed by atoms with van der Waals surface area (Å²) in [5, 5.41) is 5.34. The molecule has 0 spiro atoms. The second-order valence-corrected chi connectivity index (χ2v) is 5.86. The van der Waals surface area contributed by atoms with E-state index in [2.05, 4.69) is 10.6 Å². The lowest BCUT2D eigenvalue weighted by atomic mass is 9.96. The maximum atomic E-state index is 13.4. The van der Waals surface area contributed by atoms with Gasteiger partial charge in [0.05, 0.1) is 5.69 Å². The Morgan fingerprint density at radius 1 is 1.30 bits per heavy atom. The minimum Gasteiger partial charge on any atom is -0.355 e. The maximum Gasteiger partial charge on any atom is 0.226 e. The summed E-state index contributed by atoms with van der Waals surface area (Å²) >= 11 is 5.61. The number of halogens is 2. The Morgan fingerprint density at radius 2 is 1.95 bits per heavy atom. The van der Waals surface area contributed by atoms with Crippen LogP contribution < -0.4 is 10.6 Å². The summed E-state index contributed by atoms with van der Waals surface area (Å²) in [5.41, 5.74) is -0.430. The summed E-state index contributed by atoms with van der Waals surface area (Å²) in [6, 6.07) is 4.00. The zero-order chi connectivity index (χ0) is 15.3. The molecule has 0 unspecified atom stereocenters. The molecule has 0 aliphatic carbocycles. The van der Waals surface area contributed by atoms with Gasteiger partial charge in [0.1, 0.15) is 5.82 Å². The third kappa shape index (κ3) is 5.17. The van der Waals surface area contributed by atoms with Crippen LogP contribution in [-0.4, -0.2) is 18.4 Å². The number of carbonyl (C=O) groups excluding carboxylic acids is 2. The zero-order valence-corrected chi connectivity index (χ0v) is 12.5. The predicted molar refractivity (Wildman–Crippen MR) is 77.1 cm³/mol. The van der Waals surface area contributed by atoms with Gasteiger partial charge in [-0.15, -0.1) is 0 Å². The van der Waals surface area contributed by atoms with Gasteiger partial charge in [-0.05, 0) is 18.2 Å². The van der Waals surface area contributed by atoms with E-state index in [0.29, 0.717) is 0 Å². The van der Waals surface area contributed by atoms with Crippen LogP contribution in [0.5, 0.6) is 0 Å². The average Bonchev–Trinajstić information content (AvgIpc) is 2.31. The Labute approximate surface area is 122 Å². The molecule has 0 aliphatic rings.